The van der Waals surface area contributed by atoms with Crippen LogP contribution in [-0.4, -0.2) is 38.6 Å². The molecule has 128 valence electrons. The van der Waals surface area contributed by atoms with Gasteiger partial charge in [0, 0.05) is 37.3 Å². The first-order valence-electron chi connectivity index (χ1n) is 8.10. The molecular formula is C18H17FN4O2. The second-order valence-corrected chi connectivity index (χ2v) is 6.07. The van der Waals surface area contributed by atoms with E-state index in [0.29, 0.717) is 19.5 Å². The lowest BCUT2D eigenvalue weighted by Gasteiger charge is -2.28. The third-order valence-corrected chi connectivity index (χ3v) is 4.31. The Bertz CT molecular complexity index is 953. The van der Waals surface area contributed by atoms with Gasteiger partial charge in [-0.25, -0.2) is 13.9 Å². The summed E-state index contributed by atoms with van der Waals surface area (Å²) in [5.74, 6) is -0.561. The molecule has 0 aliphatic carbocycles. The minimum Gasteiger partial charge on any atom is -0.481 e. The van der Waals surface area contributed by atoms with Crippen LogP contribution in [0.25, 0.3) is 5.65 Å². The number of para-hydroxylation sites is 1. The molecule has 25 heavy (non-hydrogen) atoms. The number of benzene rings is 1. The summed E-state index contributed by atoms with van der Waals surface area (Å²) in [4.78, 5) is 18.5. The van der Waals surface area contributed by atoms with Crippen molar-refractivity contribution in [1.82, 2.24) is 19.5 Å². The summed E-state index contributed by atoms with van der Waals surface area (Å²) < 4.78 is 20.7. The molecule has 0 spiro atoms. The van der Waals surface area contributed by atoms with E-state index < -0.39 is 5.82 Å². The van der Waals surface area contributed by atoms with Crippen LogP contribution in [0, 0.1) is 12.7 Å². The van der Waals surface area contributed by atoms with Gasteiger partial charge in [-0.15, -0.1) is 0 Å². The third kappa shape index (κ3) is 2.93. The number of fused-ring (bicyclic) bond motifs is 3. The fraction of sp³-hybridized carbons (Fsp3) is 0.278. The quantitative estimate of drug-likeness (QED) is 0.733. The highest BCUT2D eigenvalue weighted by atomic mass is 19.1. The summed E-state index contributed by atoms with van der Waals surface area (Å²) in [6.07, 6.45) is 2.49. The van der Waals surface area contributed by atoms with Gasteiger partial charge in [0.15, 0.2) is 23.8 Å². The Kier molecular flexibility index (Phi) is 3.83. The Hall–Kier alpha value is -2.96. The van der Waals surface area contributed by atoms with Crippen LogP contribution >= 0.6 is 0 Å². The number of hydrogen-bond donors (Lipinski definition) is 0. The summed E-state index contributed by atoms with van der Waals surface area (Å²) in [7, 11) is 0. The minimum atomic E-state index is -0.472. The monoisotopic (exact) mass is 340 g/mol. The van der Waals surface area contributed by atoms with Crippen LogP contribution in [0.5, 0.6) is 5.75 Å². The molecule has 0 fully saturated rings. The van der Waals surface area contributed by atoms with Crippen molar-refractivity contribution < 1.29 is 13.9 Å². The maximum absolute atomic E-state index is 13.6. The zero-order valence-corrected chi connectivity index (χ0v) is 13.8. The second-order valence-electron chi connectivity index (χ2n) is 6.07. The SMILES string of the molecule is Cc1cc2ncc3c(n2n1)CCN(C(=O)COc1ccccc1F)C3. The normalized spacial score (nSPS) is 13.8. The summed E-state index contributed by atoms with van der Waals surface area (Å²) in [6.45, 7) is 2.77. The Labute approximate surface area is 143 Å². The number of aryl methyl sites for hydroxylation is 1. The molecule has 1 amide bonds. The maximum atomic E-state index is 13.6. The molecule has 2 aromatic heterocycles. The lowest BCUT2D eigenvalue weighted by Crippen LogP contribution is -2.39. The lowest BCUT2D eigenvalue weighted by molar-refractivity contribution is -0.134. The van der Waals surface area contributed by atoms with E-state index in [-0.39, 0.29) is 18.3 Å². The van der Waals surface area contributed by atoms with Crippen LogP contribution in [0.4, 0.5) is 4.39 Å². The highest BCUT2D eigenvalue weighted by molar-refractivity contribution is 5.78. The Balaban J connectivity index is 1.47. The zero-order valence-electron chi connectivity index (χ0n) is 13.8. The molecule has 3 aromatic rings. The highest BCUT2D eigenvalue weighted by Crippen LogP contribution is 2.20. The van der Waals surface area contributed by atoms with E-state index in [9.17, 15) is 9.18 Å². The third-order valence-electron chi connectivity index (χ3n) is 4.31. The van der Waals surface area contributed by atoms with Crippen LogP contribution in [0.3, 0.4) is 0 Å². The minimum absolute atomic E-state index is 0.0867. The standard InChI is InChI=1S/C18H17FN4O2/c1-12-8-17-20-9-13-10-22(7-6-15(13)23(17)21-12)18(24)11-25-16-5-3-2-4-14(16)19/h2-5,8-9H,6-7,10-11H2,1H3. The number of nitrogens with zero attached hydrogens (tertiary/aromatic N) is 4. The first kappa shape index (κ1) is 15.6. The molecule has 0 atom stereocenters. The predicted molar refractivity (Wildman–Crippen MR) is 88.7 cm³/mol. The van der Waals surface area contributed by atoms with Gasteiger partial charge < -0.3 is 9.64 Å². The number of rotatable bonds is 3. The highest BCUT2D eigenvalue weighted by Gasteiger charge is 2.24. The lowest BCUT2D eigenvalue weighted by atomic mass is 10.1. The van der Waals surface area contributed by atoms with Gasteiger partial charge >= 0.3 is 0 Å². The fourth-order valence-electron chi connectivity index (χ4n) is 3.06. The predicted octanol–water partition coefficient (Wildman–Crippen LogP) is 2.14. The van der Waals surface area contributed by atoms with Crippen molar-refractivity contribution in [2.45, 2.75) is 19.9 Å². The summed E-state index contributed by atoms with van der Waals surface area (Å²) >= 11 is 0. The molecule has 4 rings (SSSR count). The summed E-state index contributed by atoms with van der Waals surface area (Å²) in [6, 6.07) is 7.99. The molecule has 6 nitrogen and oxygen atoms in total. The first-order valence-corrected chi connectivity index (χ1v) is 8.10. The molecule has 1 aromatic carbocycles. The van der Waals surface area contributed by atoms with Crippen LogP contribution in [-0.2, 0) is 17.8 Å². The zero-order chi connectivity index (χ0) is 17.4. The number of carbonyl (C=O) groups excluding carboxylic acids is 1. The van der Waals surface area contributed by atoms with Crippen LogP contribution in [0.2, 0.25) is 0 Å². The number of aromatic nitrogens is 3. The molecule has 3 heterocycles. The van der Waals surface area contributed by atoms with Crippen LogP contribution < -0.4 is 4.74 Å². The molecule has 0 saturated heterocycles. The van der Waals surface area contributed by atoms with Crippen LogP contribution in [0.15, 0.2) is 36.5 Å². The van der Waals surface area contributed by atoms with Crippen molar-refractivity contribution in [2.75, 3.05) is 13.2 Å². The first-order chi connectivity index (χ1) is 12.1. The largest absolute Gasteiger partial charge is 0.481 e. The van der Waals surface area contributed by atoms with E-state index in [2.05, 4.69) is 10.1 Å². The van der Waals surface area contributed by atoms with Crippen LogP contribution in [0.1, 0.15) is 17.0 Å². The topological polar surface area (TPSA) is 59.7 Å². The molecule has 1 aliphatic heterocycles. The number of hydrogen-bond acceptors (Lipinski definition) is 4. The molecular weight excluding hydrogens is 323 g/mol. The van der Waals surface area contributed by atoms with Gasteiger partial charge in [-0.1, -0.05) is 12.1 Å². The molecule has 0 unspecified atom stereocenters. The fourth-order valence-corrected chi connectivity index (χ4v) is 3.06. The van der Waals surface area contributed by atoms with Gasteiger partial charge in [-0.05, 0) is 19.1 Å². The molecule has 0 saturated carbocycles. The van der Waals surface area contributed by atoms with Crippen molar-refractivity contribution in [1.29, 1.82) is 0 Å². The van der Waals surface area contributed by atoms with E-state index in [1.165, 1.54) is 12.1 Å². The van der Waals surface area contributed by atoms with Crippen molar-refractivity contribution in [3.63, 3.8) is 0 Å². The smallest absolute Gasteiger partial charge is 0.260 e. The number of amides is 1. The molecule has 1 aliphatic rings. The van der Waals surface area contributed by atoms with Gasteiger partial charge in [-0.3, -0.25) is 4.79 Å². The summed E-state index contributed by atoms with van der Waals surface area (Å²) in [5, 5.41) is 4.47. The van der Waals surface area contributed by atoms with Crippen molar-refractivity contribution >= 4 is 11.6 Å². The van der Waals surface area contributed by atoms with E-state index in [1.807, 2.05) is 17.5 Å². The number of ether oxygens (including phenoxy) is 1. The van der Waals surface area contributed by atoms with Gasteiger partial charge in [0.2, 0.25) is 0 Å². The Morgan fingerprint density at radius 1 is 1.36 bits per heavy atom. The van der Waals surface area contributed by atoms with Gasteiger partial charge in [0.1, 0.15) is 0 Å². The maximum Gasteiger partial charge on any atom is 0.260 e. The van der Waals surface area contributed by atoms with E-state index in [1.54, 1.807) is 23.2 Å². The Morgan fingerprint density at radius 3 is 3.04 bits per heavy atom. The molecule has 7 heteroatoms. The van der Waals surface area contributed by atoms with E-state index in [4.69, 9.17) is 4.74 Å². The van der Waals surface area contributed by atoms with E-state index >= 15 is 0 Å². The average molecular weight is 340 g/mol. The number of carbonyl (C=O) groups is 1. The number of halogens is 1. The Morgan fingerprint density at radius 2 is 2.20 bits per heavy atom. The summed E-state index contributed by atoms with van der Waals surface area (Å²) in [5.41, 5.74) is 3.79. The van der Waals surface area contributed by atoms with E-state index in [0.717, 1.165) is 22.6 Å². The second kappa shape index (κ2) is 6.16. The van der Waals surface area contributed by atoms with Crippen molar-refractivity contribution in [3.8, 4) is 5.75 Å². The molecule has 0 radical (unpaired) electrons. The molecule has 0 N–H and O–H groups in total. The molecule has 0 bridgehead atoms. The van der Waals surface area contributed by atoms with Gasteiger partial charge in [0.05, 0.1) is 11.4 Å². The van der Waals surface area contributed by atoms with Gasteiger partial charge in [0.25, 0.3) is 5.91 Å². The van der Waals surface area contributed by atoms with Gasteiger partial charge in [-0.2, -0.15) is 5.10 Å². The van der Waals surface area contributed by atoms with Crippen molar-refractivity contribution in [3.05, 3.63) is 59.3 Å². The average Bonchev–Trinajstić information content (AvgIpc) is 3.01. The van der Waals surface area contributed by atoms with Crippen molar-refractivity contribution in [2.24, 2.45) is 0 Å².